The van der Waals surface area contributed by atoms with E-state index in [1.165, 1.54) is 11.8 Å². The summed E-state index contributed by atoms with van der Waals surface area (Å²) in [4.78, 5) is 27.1. The Labute approximate surface area is 185 Å². The summed E-state index contributed by atoms with van der Waals surface area (Å²) in [6.45, 7) is 9.21. The number of fused-ring (bicyclic) bond motifs is 2. The van der Waals surface area contributed by atoms with Crippen LogP contribution < -0.4 is 5.56 Å². The van der Waals surface area contributed by atoms with Crippen LogP contribution in [0.4, 0.5) is 0 Å². The summed E-state index contributed by atoms with van der Waals surface area (Å²) in [6, 6.07) is 9.53. The highest BCUT2D eigenvalue weighted by molar-refractivity contribution is 7.98. The van der Waals surface area contributed by atoms with E-state index in [1.807, 2.05) is 68.6 Å². The monoisotopic (exact) mass is 437 g/mol. The van der Waals surface area contributed by atoms with Crippen LogP contribution in [0.15, 0.2) is 46.5 Å². The minimum Gasteiger partial charge on any atom is -0.379 e. The van der Waals surface area contributed by atoms with Crippen molar-refractivity contribution in [1.82, 2.24) is 23.9 Å². The van der Waals surface area contributed by atoms with Gasteiger partial charge in [0, 0.05) is 36.5 Å². The molecule has 3 heterocycles. The molecule has 0 aliphatic heterocycles. The Morgan fingerprint density at radius 3 is 2.74 bits per heavy atom. The molecule has 0 bridgehead atoms. The maximum atomic E-state index is 13.2. The van der Waals surface area contributed by atoms with Gasteiger partial charge in [-0.05, 0) is 52.3 Å². The van der Waals surface area contributed by atoms with Crippen LogP contribution in [0.1, 0.15) is 37.4 Å². The molecule has 31 heavy (non-hydrogen) atoms. The topological polar surface area (TPSA) is 74.3 Å². The van der Waals surface area contributed by atoms with Crippen molar-refractivity contribution in [2.75, 3.05) is 6.61 Å². The lowest BCUT2D eigenvalue weighted by molar-refractivity contribution is 0.0743. The molecule has 0 spiro atoms. The molecule has 162 valence electrons. The van der Waals surface area contributed by atoms with Crippen LogP contribution in [-0.4, -0.2) is 36.6 Å². The Morgan fingerprint density at radius 1 is 1.13 bits per heavy atom. The molecule has 1 aromatic carbocycles. The van der Waals surface area contributed by atoms with Gasteiger partial charge in [-0.1, -0.05) is 23.9 Å². The molecule has 4 rings (SSSR count). The fourth-order valence-electron chi connectivity index (χ4n) is 3.52. The first kappa shape index (κ1) is 21.5. The third kappa shape index (κ3) is 4.80. The molecular formula is C23H27N5O2S. The van der Waals surface area contributed by atoms with Crippen molar-refractivity contribution in [2.24, 2.45) is 0 Å². The number of rotatable bonds is 8. The molecular weight excluding hydrogens is 410 g/mol. The zero-order valence-corrected chi connectivity index (χ0v) is 19.1. The molecule has 0 saturated carbocycles. The lowest BCUT2D eigenvalue weighted by Gasteiger charge is -2.13. The average molecular weight is 438 g/mol. The summed E-state index contributed by atoms with van der Waals surface area (Å²) in [5.41, 5.74) is 3.65. The van der Waals surface area contributed by atoms with Gasteiger partial charge in [-0.15, -0.1) is 0 Å². The fraction of sp³-hybridized carbons (Fsp3) is 0.391. The second-order valence-electron chi connectivity index (χ2n) is 7.87. The summed E-state index contributed by atoms with van der Waals surface area (Å²) >= 11 is 1.53. The maximum absolute atomic E-state index is 13.2. The van der Waals surface area contributed by atoms with E-state index in [0.717, 1.165) is 23.5 Å². The predicted molar refractivity (Wildman–Crippen MR) is 124 cm³/mol. The SMILES string of the molecule is Cc1cc(C)n2cc(CSc3nc4ccccc4c(=O)n3CCCOC(C)C)nc2n1. The molecule has 0 atom stereocenters. The van der Waals surface area contributed by atoms with E-state index in [-0.39, 0.29) is 11.7 Å². The van der Waals surface area contributed by atoms with E-state index in [4.69, 9.17) is 9.72 Å². The van der Waals surface area contributed by atoms with Gasteiger partial charge in [0.15, 0.2) is 5.16 Å². The number of hydrogen-bond acceptors (Lipinski definition) is 6. The minimum absolute atomic E-state index is 0.0132. The van der Waals surface area contributed by atoms with Gasteiger partial charge in [-0.25, -0.2) is 15.0 Å². The van der Waals surface area contributed by atoms with E-state index in [2.05, 4.69) is 9.97 Å². The second-order valence-corrected chi connectivity index (χ2v) is 8.81. The maximum Gasteiger partial charge on any atom is 0.262 e. The lowest BCUT2D eigenvalue weighted by Crippen LogP contribution is -2.24. The number of aryl methyl sites for hydroxylation is 2. The normalized spacial score (nSPS) is 11.8. The van der Waals surface area contributed by atoms with E-state index in [1.54, 1.807) is 4.57 Å². The van der Waals surface area contributed by atoms with Gasteiger partial charge >= 0.3 is 0 Å². The van der Waals surface area contributed by atoms with E-state index in [0.29, 0.717) is 40.7 Å². The highest BCUT2D eigenvalue weighted by Crippen LogP contribution is 2.22. The highest BCUT2D eigenvalue weighted by atomic mass is 32.2. The van der Waals surface area contributed by atoms with Crippen LogP contribution >= 0.6 is 11.8 Å². The van der Waals surface area contributed by atoms with E-state index in [9.17, 15) is 4.79 Å². The molecule has 0 aliphatic rings. The van der Waals surface area contributed by atoms with Crippen LogP contribution in [0.3, 0.4) is 0 Å². The van der Waals surface area contributed by atoms with Crippen molar-refractivity contribution in [3.8, 4) is 0 Å². The summed E-state index contributed by atoms with van der Waals surface area (Å²) in [5.74, 6) is 1.30. The Kier molecular flexibility index (Phi) is 6.38. The number of ether oxygens (including phenoxy) is 1. The van der Waals surface area contributed by atoms with Crippen molar-refractivity contribution in [3.05, 3.63) is 64.0 Å². The van der Waals surface area contributed by atoms with Crippen molar-refractivity contribution < 1.29 is 4.74 Å². The molecule has 0 radical (unpaired) electrons. The summed E-state index contributed by atoms with van der Waals surface area (Å²) in [7, 11) is 0. The average Bonchev–Trinajstić information content (AvgIpc) is 3.14. The molecule has 0 amide bonds. The van der Waals surface area contributed by atoms with Gasteiger partial charge in [-0.3, -0.25) is 13.8 Å². The third-order valence-corrected chi connectivity index (χ3v) is 5.97. The number of para-hydroxylation sites is 1. The molecule has 8 heteroatoms. The molecule has 4 aromatic rings. The number of thioether (sulfide) groups is 1. The number of imidazole rings is 1. The molecule has 0 unspecified atom stereocenters. The first-order valence-corrected chi connectivity index (χ1v) is 11.5. The third-order valence-electron chi connectivity index (χ3n) is 4.96. The summed E-state index contributed by atoms with van der Waals surface area (Å²) in [6.07, 6.45) is 2.93. The van der Waals surface area contributed by atoms with Crippen LogP contribution in [-0.2, 0) is 17.0 Å². The Morgan fingerprint density at radius 2 is 1.94 bits per heavy atom. The Hall–Kier alpha value is -2.71. The first-order valence-electron chi connectivity index (χ1n) is 10.5. The van der Waals surface area contributed by atoms with Gasteiger partial charge in [0.2, 0.25) is 5.78 Å². The molecule has 0 aliphatic carbocycles. The number of benzene rings is 1. The van der Waals surface area contributed by atoms with Gasteiger partial charge in [0.1, 0.15) is 0 Å². The van der Waals surface area contributed by atoms with Crippen LogP contribution in [0, 0.1) is 13.8 Å². The zero-order valence-electron chi connectivity index (χ0n) is 18.3. The fourth-order valence-corrected chi connectivity index (χ4v) is 4.43. The molecule has 3 aromatic heterocycles. The van der Waals surface area contributed by atoms with Gasteiger partial charge in [0.25, 0.3) is 5.56 Å². The van der Waals surface area contributed by atoms with Gasteiger partial charge in [0.05, 0.1) is 22.7 Å². The lowest BCUT2D eigenvalue weighted by atomic mass is 10.2. The van der Waals surface area contributed by atoms with Crippen molar-refractivity contribution in [1.29, 1.82) is 0 Å². The Balaban J connectivity index is 1.61. The quantitative estimate of drug-likeness (QED) is 0.234. The zero-order chi connectivity index (χ0) is 22.0. The smallest absolute Gasteiger partial charge is 0.262 e. The Bertz CT molecular complexity index is 1280. The molecule has 7 nitrogen and oxygen atoms in total. The van der Waals surface area contributed by atoms with Crippen LogP contribution in [0.2, 0.25) is 0 Å². The predicted octanol–water partition coefficient (Wildman–Crippen LogP) is 4.16. The van der Waals surface area contributed by atoms with Gasteiger partial charge in [-0.2, -0.15) is 0 Å². The van der Waals surface area contributed by atoms with E-state index < -0.39 is 0 Å². The van der Waals surface area contributed by atoms with E-state index >= 15 is 0 Å². The van der Waals surface area contributed by atoms with Gasteiger partial charge < -0.3 is 4.74 Å². The van der Waals surface area contributed by atoms with Crippen molar-refractivity contribution in [2.45, 2.75) is 57.7 Å². The minimum atomic E-state index is -0.0132. The molecule has 0 fully saturated rings. The summed E-state index contributed by atoms with van der Waals surface area (Å²) < 4.78 is 9.41. The van der Waals surface area contributed by atoms with Crippen LogP contribution in [0.5, 0.6) is 0 Å². The molecule has 0 saturated heterocycles. The number of hydrogen-bond donors (Lipinski definition) is 0. The largest absolute Gasteiger partial charge is 0.379 e. The van der Waals surface area contributed by atoms with Crippen LogP contribution in [0.25, 0.3) is 16.7 Å². The first-order chi connectivity index (χ1) is 14.9. The number of aromatic nitrogens is 5. The van der Waals surface area contributed by atoms with Crippen molar-refractivity contribution >= 4 is 28.4 Å². The highest BCUT2D eigenvalue weighted by Gasteiger charge is 2.13. The molecule has 0 N–H and O–H groups in total. The summed E-state index contributed by atoms with van der Waals surface area (Å²) in [5, 5.41) is 1.34. The number of nitrogens with zero attached hydrogens (tertiary/aromatic N) is 5. The second kappa shape index (κ2) is 9.20. The standard InChI is InChI=1S/C23H27N5O2S/c1-15(2)30-11-7-10-27-21(29)19-8-5-6-9-20(19)26-23(27)31-14-18-13-28-17(4)12-16(3)24-22(28)25-18/h5-6,8-9,12-13,15H,7,10-11,14H2,1-4H3. The van der Waals surface area contributed by atoms with Crippen molar-refractivity contribution in [3.63, 3.8) is 0 Å².